The summed E-state index contributed by atoms with van der Waals surface area (Å²) in [6, 6.07) is 0. The molecule has 0 aromatic carbocycles. The maximum atomic E-state index is 0. The van der Waals surface area contributed by atoms with Crippen LogP contribution in [0.5, 0.6) is 0 Å². The van der Waals surface area contributed by atoms with Crippen LogP contribution in [0.25, 0.3) is 0 Å². The molecule has 0 atom stereocenters. The molecular weight excluding hydrogens is 258 g/mol. The Morgan fingerprint density at radius 2 is 0.600 bits per heavy atom. The van der Waals surface area contributed by atoms with Crippen molar-refractivity contribution in [2.24, 2.45) is 0 Å². The zero-order chi connectivity index (χ0) is 0. The normalized spacial score (nSPS) is 0. The van der Waals surface area contributed by atoms with Gasteiger partial charge in [0.1, 0.15) is 0 Å². The van der Waals surface area contributed by atoms with E-state index in [4.69, 9.17) is 0 Å². The first kappa shape index (κ1) is 53.4. The first-order chi connectivity index (χ1) is 0. The first-order valence-electron chi connectivity index (χ1n) is 0. The van der Waals surface area contributed by atoms with E-state index in [1.165, 1.54) is 0 Å². The van der Waals surface area contributed by atoms with E-state index in [9.17, 15) is 0 Å². The molecule has 5 heteroatoms. The molecule has 0 spiro atoms. The fourth-order valence-electron chi connectivity index (χ4n) is 0. The van der Waals surface area contributed by atoms with E-state index in [0.717, 1.165) is 0 Å². The Bertz CT molecular complexity index is 6.85. The predicted octanol–water partition coefficient (Wildman–Crippen LogP) is 0.333. The third kappa shape index (κ3) is 21.7. The molecule has 0 aliphatic rings. The molecule has 5 heavy (non-hydrogen) atoms. The predicted molar refractivity (Wildman–Crippen MR) is 31.1 cm³/mol. The van der Waals surface area contributed by atoms with Crippen molar-refractivity contribution < 1.29 is 40.5 Å². The Hall–Kier alpha value is 2.36. The van der Waals surface area contributed by atoms with E-state index in [1.54, 1.807) is 0 Å². The fourth-order valence-corrected chi connectivity index (χ4v) is 0. The Balaban J connectivity index is 0. The van der Waals surface area contributed by atoms with Crippen molar-refractivity contribution in [3.05, 3.63) is 0 Å². The zero-order valence-corrected chi connectivity index (χ0v) is 10.6. The van der Waals surface area contributed by atoms with Gasteiger partial charge in [-0.25, -0.2) is 0 Å². The molecule has 0 aromatic heterocycles. The van der Waals surface area contributed by atoms with Gasteiger partial charge in [0.25, 0.3) is 0 Å². The van der Waals surface area contributed by atoms with Crippen molar-refractivity contribution in [1.29, 1.82) is 0 Å². The van der Waals surface area contributed by atoms with E-state index < -0.39 is 0 Å². The summed E-state index contributed by atoms with van der Waals surface area (Å²) in [4.78, 5) is 0. The largest absolute Gasteiger partial charge is 0.197 e. The Morgan fingerprint density at radius 1 is 0.600 bits per heavy atom. The SMILES string of the molecule is S.S.S.[Mo].[Zn]. The summed E-state index contributed by atoms with van der Waals surface area (Å²) >= 11 is 0. The molecule has 0 amide bonds. The Morgan fingerprint density at radius 3 is 0.600 bits per heavy atom. The third-order valence-corrected chi connectivity index (χ3v) is 0. The zero-order valence-electron chi connectivity index (χ0n) is 2.62. The van der Waals surface area contributed by atoms with E-state index in [1.807, 2.05) is 0 Å². The van der Waals surface area contributed by atoms with E-state index in [2.05, 4.69) is 0 Å². The third-order valence-electron chi connectivity index (χ3n) is 0. The molecule has 0 aliphatic carbocycles. The number of hydrogen-bond acceptors (Lipinski definition) is 0. The van der Waals surface area contributed by atoms with Gasteiger partial charge in [-0.15, -0.1) is 0 Å². The van der Waals surface area contributed by atoms with Gasteiger partial charge in [-0.1, -0.05) is 0 Å². The van der Waals surface area contributed by atoms with Crippen LogP contribution in [0.2, 0.25) is 0 Å². The maximum Gasteiger partial charge on any atom is 0 e. The van der Waals surface area contributed by atoms with Crippen LogP contribution >= 0.6 is 40.5 Å². The summed E-state index contributed by atoms with van der Waals surface area (Å²) in [6.45, 7) is 0. The van der Waals surface area contributed by atoms with Crippen LogP contribution in [0.1, 0.15) is 0 Å². The standard InChI is InChI=1S/Mo.3H2S.Zn/h;3*1H2;. The quantitative estimate of drug-likeness (QED) is 0.553. The monoisotopic (exact) mass is 264 g/mol. The molecule has 32 valence electrons. The summed E-state index contributed by atoms with van der Waals surface area (Å²) in [5.74, 6) is 0. The Labute approximate surface area is 80.2 Å². The van der Waals surface area contributed by atoms with Crippen molar-refractivity contribution in [3.8, 4) is 0 Å². The molecule has 0 radical (unpaired) electrons. The molecule has 0 saturated carbocycles. The summed E-state index contributed by atoms with van der Waals surface area (Å²) in [6.07, 6.45) is 0. The summed E-state index contributed by atoms with van der Waals surface area (Å²) in [7, 11) is 0. The Kier molecular flexibility index (Phi) is 350. The van der Waals surface area contributed by atoms with Gasteiger partial charge in [-0.2, -0.15) is 40.5 Å². The summed E-state index contributed by atoms with van der Waals surface area (Å²) in [5.41, 5.74) is 0. The number of hydrogen-bond donors (Lipinski definition) is 0. The van der Waals surface area contributed by atoms with Crippen molar-refractivity contribution in [2.45, 2.75) is 0 Å². The van der Waals surface area contributed by atoms with Crippen molar-refractivity contribution >= 4 is 40.5 Å². The first-order valence-corrected chi connectivity index (χ1v) is 0. The van der Waals surface area contributed by atoms with Gasteiger partial charge in [0.15, 0.2) is 0 Å². The van der Waals surface area contributed by atoms with Crippen LogP contribution in [0.4, 0.5) is 0 Å². The molecule has 0 aliphatic heterocycles. The smallest absolute Gasteiger partial charge is 0 e. The van der Waals surface area contributed by atoms with Gasteiger partial charge in [0, 0.05) is 40.5 Å². The number of rotatable bonds is 0. The van der Waals surface area contributed by atoms with Crippen LogP contribution in [-0.4, -0.2) is 0 Å². The van der Waals surface area contributed by atoms with Crippen LogP contribution in [0.3, 0.4) is 0 Å². The summed E-state index contributed by atoms with van der Waals surface area (Å²) < 4.78 is 0. The van der Waals surface area contributed by atoms with Gasteiger partial charge in [-0.3, -0.25) is 0 Å². The van der Waals surface area contributed by atoms with Crippen LogP contribution < -0.4 is 0 Å². The van der Waals surface area contributed by atoms with Gasteiger partial charge >= 0.3 is 0 Å². The minimum atomic E-state index is 0. The van der Waals surface area contributed by atoms with E-state index in [-0.39, 0.29) is 81.0 Å². The molecule has 0 saturated heterocycles. The average Bonchev–Trinajstić information content (AvgIpc) is 0. The van der Waals surface area contributed by atoms with Gasteiger partial charge in [-0.05, 0) is 0 Å². The van der Waals surface area contributed by atoms with Gasteiger partial charge in [0.2, 0.25) is 0 Å². The molecule has 0 rings (SSSR count). The molecule has 0 unspecified atom stereocenters. The average molecular weight is 264 g/mol. The van der Waals surface area contributed by atoms with Crippen LogP contribution in [0.15, 0.2) is 0 Å². The second-order valence-corrected chi connectivity index (χ2v) is 0. The van der Waals surface area contributed by atoms with Crippen molar-refractivity contribution in [3.63, 3.8) is 0 Å². The second kappa shape index (κ2) is 32.8. The minimum Gasteiger partial charge on any atom is -0.197 e. The molecule has 0 heterocycles. The molecule has 0 aromatic rings. The summed E-state index contributed by atoms with van der Waals surface area (Å²) in [5, 5.41) is 0. The van der Waals surface area contributed by atoms with Crippen molar-refractivity contribution in [1.82, 2.24) is 0 Å². The molecule has 0 fully saturated rings. The van der Waals surface area contributed by atoms with Crippen molar-refractivity contribution in [2.75, 3.05) is 0 Å². The minimum absolute atomic E-state index is 0. The van der Waals surface area contributed by atoms with Crippen LogP contribution in [-0.2, 0) is 40.5 Å². The van der Waals surface area contributed by atoms with E-state index in [0.29, 0.717) is 0 Å². The van der Waals surface area contributed by atoms with E-state index >= 15 is 0 Å². The fraction of sp³-hybridized carbons (Fsp3) is 0. The second-order valence-electron chi connectivity index (χ2n) is 0. The molecule has 0 bridgehead atoms. The topological polar surface area (TPSA) is 0 Å². The molecule has 0 nitrogen and oxygen atoms in total. The molecule has 0 N–H and O–H groups in total. The van der Waals surface area contributed by atoms with Gasteiger partial charge < -0.3 is 0 Å². The van der Waals surface area contributed by atoms with Crippen LogP contribution in [0, 0.1) is 0 Å². The molecular formula is H6MoS3Zn. The maximum absolute atomic E-state index is 0. The van der Waals surface area contributed by atoms with Gasteiger partial charge in [0.05, 0.1) is 0 Å².